The Hall–Kier alpha value is -1.46. The van der Waals surface area contributed by atoms with Crippen molar-refractivity contribution in [1.82, 2.24) is 0 Å². The molecule has 6 N–H and O–H groups in total. The van der Waals surface area contributed by atoms with E-state index >= 15 is 0 Å². The average Bonchev–Trinajstić information content (AvgIpc) is 2.27. The molecule has 0 bridgehead atoms. The van der Waals surface area contributed by atoms with E-state index in [9.17, 15) is 0 Å². The average molecular weight is 254 g/mol. The SMILES string of the molecule is CCCC(C)(N=NC(C)(CCC)C(=N)N)C(=N)N. The van der Waals surface area contributed by atoms with Gasteiger partial charge < -0.3 is 11.5 Å². The number of azo groups is 1. The Morgan fingerprint density at radius 3 is 1.33 bits per heavy atom. The number of nitrogens with two attached hydrogens (primary N) is 2. The molecule has 0 saturated carbocycles. The first-order valence-corrected chi connectivity index (χ1v) is 6.35. The minimum Gasteiger partial charge on any atom is -0.386 e. The molecular formula is C12H26N6. The Kier molecular flexibility index (Phi) is 5.94. The maximum absolute atomic E-state index is 7.61. The van der Waals surface area contributed by atoms with E-state index in [0.717, 1.165) is 12.8 Å². The zero-order valence-electron chi connectivity index (χ0n) is 11.9. The predicted molar refractivity (Wildman–Crippen MR) is 75.3 cm³/mol. The van der Waals surface area contributed by atoms with Crippen molar-refractivity contribution in [3.05, 3.63) is 0 Å². The van der Waals surface area contributed by atoms with E-state index in [2.05, 4.69) is 10.2 Å². The lowest BCUT2D eigenvalue weighted by Gasteiger charge is -2.26. The predicted octanol–water partition coefficient (Wildman–Crippen LogP) is 2.43. The minimum absolute atomic E-state index is 0.00417. The van der Waals surface area contributed by atoms with Crippen LogP contribution in [0.25, 0.3) is 0 Å². The Morgan fingerprint density at radius 1 is 0.889 bits per heavy atom. The summed E-state index contributed by atoms with van der Waals surface area (Å²) in [7, 11) is 0. The quantitative estimate of drug-likeness (QED) is 0.302. The van der Waals surface area contributed by atoms with E-state index in [1.54, 1.807) is 13.8 Å². The van der Waals surface area contributed by atoms with E-state index in [4.69, 9.17) is 22.3 Å². The van der Waals surface area contributed by atoms with E-state index < -0.39 is 11.1 Å². The van der Waals surface area contributed by atoms with Gasteiger partial charge in [-0.2, -0.15) is 10.2 Å². The van der Waals surface area contributed by atoms with Crippen molar-refractivity contribution < 1.29 is 0 Å². The van der Waals surface area contributed by atoms with Gasteiger partial charge in [0, 0.05) is 0 Å². The van der Waals surface area contributed by atoms with Crippen molar-refractivity contribution in [2.45, 2.75) is 64.5 Å². The van der Waals surface area contributed by atoms with E-state index in [-0.39, 0.29) is 11.7 Å². The molecule has 0 aromatic rings. The van der Waals surface area contributed by atoms with Crippen LogP contribution >= 0.6 is 0 Å². The van der Waals surface area contributed by atoms with Crippen LogP contribution in [-0.4, -0.2) is 22.7 Å². The minimum atomic E-state index is -0.792. The first-order valence-electron chi connectivity index (χ1n) is 6.35. The normalized spacial score (nSPS) is 18.2. The Labute approximate surface area is 109 Å². The van der Waals surface area contributed by atoms with Gasteiger partial charge in [-0.15, -0.1) is 0 Å². The molecule has 0 heterocycles. The third-order valence-corrected chi connectivity index (χ3v) is 3.13. The molecule has 0 amide bonds. The topological polar surface area (TPSA) is 124 Å². The highest BCUT2D eigenvalue weighted by molar-refractivity contribution is 5.88. The van der Waals surface area contributed by atoms with Crippen LogP contribution in [0.15, 0.2) is 10.2 Å². The lowest BCUT2D eigenvalue weighted by Crippen LogP contribution is -2.42. The molecule has 0 spiro atoms. The van der Waals surface area contributed by atoms with E-state index in [1.807, 2.05) is 13.8 Å². The molecule has 0 aromatic carbocycles. The molecule has 0 rings (SSSR count). The first kappa shape index (κ1) is 16.5. The highest BCUT2D eigenvalue weighted by Gasteiger charge is 2.31. The van der Waals surface area contributed by atoms with Crippen LogP contribution in [0.4, 0.5) is 0 Å². The summed E-state index contributed by atoms with van der Waals surface area (Å²) in [4.78, 5) is 0. The molecule has 0 radical (unpaired) electrons. The van der Waals surface area contributed by atoms with Crippen LogP contribution < -0.4 is 11.5 Å². The molecule has 0 aliphatic heterocycles. The third kappa shape index (κ3) is 4.09. The highest BCUT2D eigenvalue weighted by Crippen LogP contribution is 2.23. The van der Waals surface area contributed by atoms with Crippen molar-refractivity contribution in [1.29, 1.82) is 10.8 Å². The Balaban J connectivity index is 5.16. The van der Waals surface area contributed by atoms with Crippen molar-refractivity contribution in [2.75, 3.05) is 0 Å². The second-order valence-electron chi connectivity index (χ2n) is 5.08. The lowest BCUT2D eigenvalue weighted by molar-refractivity contribution is 0.460. The number of amidine groups is 2. The first-order chi connectivity index (χ1) is 8.22. The highest BCUT2D eigenvalue weighted by atomic mass is 15.2. The van der Waals surface area contributed by atoms with Gasteiger partial charge in [-0.3, -0.25) is 10.8 Å². The molecule has 0 fully saturated rings. The molecular weight excluding hydrogens is 228 g/mol. The van der Waals surface area contributed by atoms with Crippen LogP contribution in [0, 0.1) is 10.8 Å². The number of nitrogens with zero attached hydrogens (tertiary/aromatic N) is 2. The van der Waals surface area contributed by atoms with Crippen molar-refractivity contribution >= 4 is 11.7 Å². The third-order valence-electron chi connectivity index (χ3n) is 3.13. The monoisotopic (exact) mass is 254 g/mol. The van der Waals surface area contributed by atoms with Crippen LogP contribution in [0.5, 0.6) is 0 Å². The van der Waals surface area contributed by atoms with Crippen LogP contribution in [0.3, 0.4) is 0 Å². The fourth-order valence-electron chi connectivity index (χ4n) is 1.67. The Bertz CT molecular complexity index is 305. The van der Waals surface area contributed by atoms with Gasteiger partial charge in [0.05, 0.1) is 0 Å². The van der Waals surface area contributed by atoms with Gasteiger partial charge in [0.2, 0.25) is 0 Å². The molecule has 0 aliphatic carbocycles. The molecule has 0 aromatic heterocycles. The zero-order chi connectivity index (χ0) is 14.4. The summed E-state index contributed by atoms with van der Waals surface area (Å²) >= 11 is 0. The number of hydrogen-bond acceptors (Lipinski definition) is 4. The standard InChI is InChI=1S/C12H26N6/c1-5-7-11(3,9(13)14)17-18-12(4,8-6-2)10(15)16/h5-8H2,1-4H3,(H3,13,14)(H3,15,16). The summed E-state index contributed by atoms with van der Waals surface area (Å²) < 4.78 is 0. The maximum atomic E-state index is 7.61. The second kappa shape index (κ2) is 6.47. The van der Waals surface area contributed by atoms with Gasteiger partial charge in [-0.05, 0) is 26.7 Å². The molecule has 2 unspecified atom stereocenters. The summed E-state index contributed by atoms with van der Waals surface area (Å²) in [5, 5.41) is 23.6. The van der Waals surface area contributed by atoms with Gasteiger partial charge in [-0.25, -0.2) is 0 Å². The molecule has 18 heavy (non-hydrogen) atoms. The molecule has 0 aliphatic rings. The molecule has 6 heteroatoms. The fraction of sp³-hybridized carbons (Fsp3) is 0.833. The van der Waals surface area contributed by atoms with E-state index in [0.29, 0.717) is 12.8 Å². The summed E-state index contributed by atoms with van der Waals surface area (Å²) in [6.07, 6.45) is 3.04. The fourth-order valence-corrected chi connectivity index (χ4v) is 1.67. The summed E-state index contributed by atoms with van der Waals surface area (Å²) in [6.45, 7) is 7.59. The van der Waals surface area contributed by atoms with Crippen molar-refractivity contribution in [3.63, 3.8) is 0 Å². The number of rotatable bonds is 8. The Morgan fingerprint density at radius 2 is 1.17 bits per heavy atom. The number of nitrogens with one attached hydrogen (secondary N) is 2. The van der Waals surface area contributed by atoms with Gasteiger partial charge >= 0.3 is 0 Å². The second-order valence-corrected chi connectivity index (χ2v) is 5.08. The van der Waals surface area contributed by atoms with Crippen LogP contribution in [0.1, 0.15) is 53.4 Å². The van der Waals surface area contributed by atoms with Gasteiger partial charge in [-0.1, -0.05) is 26.7 Å². The summed E-state index contributed by atoms with van der Waals surface area (Å²) in [5.41, 5.74) is 9.58. The van der Waals surface area contributed by atoms with Crippen LogP contribution in [0.2, 0.25) is 0 Å². The molecule has 0 saturated heterocycles. The smallest absolute Gasteiger partial charge is 0.135 e. The van der Waals surface area contributed by atoms with Crippen LogP contribution in [-0.2, 0) is 0 Å². The summed E-state index contributed by atoms with van der Waals surface area (Å²) in [6, 6.07) is 0. The van der Waals surface area contributed by atoms with Gasteiger partial charge in [0.1, 0.15) is 22.7 Å². The van der Waals surface area contributed by atoms with Crippen molar-refractivity contribution in [2.24, 2.45) is 21.7 Å². The molecule has 6 nitrogen and oxygen atoms in total. The largest absolute Gasteiger partial charge is 0.386 e. The van der Waals surface area contributed by atoms with Gasteiger partial charge in [0.25, 0.3) is 0 Å². The van der Waals surface area contributed by atoms with Gasteiger partial charge in [0.15, 0.2) is 0 Å². The molecule has 104 valence electrons. The van der Waals surface area contributed by atoms with E-state index in [1.165, 1.54) is 0 Å². The summed E-state index contributed by atoms with van der Waals surface area (Å²) in [5.74, 6) is -0.00833. The molecule has 2 atom stereocenters. The maximum Gasteiger partial charge on any atom is 0.135 e. The van der Waals surface area contributed by atoms with Crippen molar-refractivity contribution in [3.8, 4) is 0 Å². The lowest BCUT2D eigenvalue weighted by atomic mass is 9.95. The zero-order valence-corrected chi connectivity index (χ0v) is 11.9. The number of hydrogen-bond donors (Lipinski definition) is 4.